The Morgan fingerprint density at radius 2 is 2.24 bits per heavy atom. The number of ether oxygens (including phenoxy) is 2. The summed E-state index contributed by atoms with van der Waals surface area (Å²) >= 11 is 5.80. The molecule has 0 spiro atoms. The molecule has 94 valence electrons. The van der Waals surface area contributed by atoms with E-state index in [0.717, 1.165) is 0 Å². The lowest BCUT2D eigenvalue weighted by atomic mass is 10.1. The predicted molar refractivity (Wildman–Crippen MR) is 64.2 cm³/mol. The van der Waals surface area contributed by atoms with Gasteiger partial charge in [0, 0.05) is 10.6 Å². The molecule has 0 heterocycles. The van der Waals surface area contributed by atoms with Gasteiger partial charge in [0.25, 0.3) is 0 Å². The van der Waals surface area contributed by atoms with Crippen LogP contribution in [0.5, 0.6) is 5.75 Å². The highest BCUT2D eigenvalue weighted by Crippen LogP contribution is 2.30. The second kappa shape index (κ2) is 6.47. The monoisotopic (exact) mass is 258 g/mol. The third kappa shape index (κ3) is 3.91. The number of aliphatic hydroxyl groups excluding tert-OH is 1. The van der Waals surface area contributed by atoms with Gasteiger partial charge in [-0.1, -0.05) is 17.7 Å². The van der Waals surface area contributed by atoms with E-state index in [9.17, 15) is 9.90 Å². The Bertz CT molecular complexity index is 392. The Balaban J connectivity index is 2.81. The van der Waals surface area contributed by atoms with Crippen molar-refractivity contribution >= 4 is 17.6 Å². The molecule has 1 rings (SSSR count). The molecule has 0 amide bonds. The molecule has 0 saturated carbocycles. The van der Waals surface area contributed by atoms with Crippen LogP contribution in [0, 0.1) is 0 Å². The number of carbonyl (C=O) groups is 1. The molecular weight excluding hydrogens is 244 g/mol. The van der Waals surface area contributed by atoms with E-state index in [4.69, 9.17) is 21.1 Å². The molecule has 4 nitrogen and oxygen atoms in total. The quantitative estimate of drug-likeness (QED) is 0.824. The van der Waals surface area contributed by atoms with Crippen molar-refractivity contribution in [3.63, 3.8) is 0 Å². The maximum atomic E-state index is 11.2. The Hall–Kier alpha value is -1.26. The number of carbonyl (C=O) groups excluding carboxylic acids is 1. The van der Waals surface area contributed by atoms with Crippen LogP contribution in [0.15, 0.2) is 18.2 Å². The van der Waals surface area contributed by atoms with Crippen LogP contribution in [0.1, 0.15) is 25.0 Å². The summed E-state index contributed by atoms with van der Waals surface area (Å²) in [4.78, 5) is 11.2. The largest absolute Gasteiger partial charge is 0.496 e. The lowest BCUT2D eigenvalue weighted by molar-refractivity contribution is -0.145. The van der Waals surface area contributed by atoms with Gasteiger partial charge in [0.1, 0.15) is 5.75 Å². The van der Waals surface area contributed by atoms with Gasteiger partial charge in [-0.05, 0) is 19.1 Å². The number of methoxy groups -OCH3 is 1. The van der Waals surface area contributed by atoms with E-state index in [1.165, 1.54) is 7.11 Å². The van der Waals surface area contributed by atoms with Crippen molar-refractivity contribution in [3.8, 4) is 5.75 Å². The molecule has 0 radical (unpaired) electrons. The fourth-order valence-corrected chi connectivity index (χ4v) is 1.61. The molecule has 0 fully saturated rings. The summed E-state index contributed by atoms with van der Waals surface area (Å²) in [5.41, 5.74) is 0.518. The van der Waals surface area contributed by atoms with E-state index in [1.54, 1.807) is 25.1 Å². The van der Waals surface area contributed by atoms with Crippen LogP contribution in [0.3, 0.4) is 0 Å². The second-order valence-electron chi connectivity index (χ2n) is 3.41. The van der Waals surface area contributed by atoms with Crippen LogP contribution >= 0.6 is 11.6 Å². The Kier molecular flexibility index (Phi) is 5.25. The fourth-order valence-electron chi connectivity index (χ4n) is 1.45. The molecule has 1 N–H and O–H groups in total. The van der Waals surface area contributed by atoms with Gasteiger partial charge < -0.3 is 14.6 Å². The summed E-state index contributed by atoms with van der Waals surface area (Å²) in [6, 6.07) is 4.85. The number of rotatable bonds is 5. The van der Waals surface area contributed by atoms with E-state index in [1.807, 2.05) is 0 Å². The zero-order valence-electron chi connectivity index (χ0n) is 9.77. The molecule has 0 aliphatic carbocycles. The van der Waals surface area contributed by atoms with Crippen molar-refractivity contribution in [2.45, 2.75) is 19.4 Å². The van der Waals surface area contributed by atoms with Crippen molar-refractivity contribution in [2.75, 3.05) is 13.7 Å². The first kappa shape index (κ1) is 13.8. The smallest absolute Gasteiger partial charge is 0.308 e. The number of benzene rings is 1. The average molecular weight is 259 g/mol. The highest BCUT2D eigenvalue weighted by Gasteiger charge is 2.17. The van der Waals surface area contributed by atoms with E-state index in [2.05, 4.69) is 0 Å². The topological polar surface area (TPSA) is 55.8 Å². The number of halogens is 1. The van der Waals surface area contributed by atoms with Crippen molar-refractivity contribution in [2.24, 2.45) is 0 Å². The summed E-state index contributed by atoms with van der Waals surface area (Å²) in [6.07, 6.45) is -1.06. The Labute approximate surface area is 105 Å². The lowest BCUT2D eigenvalue weighted by Crippen LogP contribution is -2.10. The molecule has 0 aliphatic heterocycles. The standard InChI is InChI=1S/C12H15ClO4/c1-3-17-12(15)7-10(14)9-5-4-8(13)6-11(9)16-2/h4-6,10,14H,3,7H2,1-2H3. The van der Waals surface area contributed by atoms with E-state index in [0.29, 0.717) is 22.9 Å². The zero-order chi connectivity index (χ0) is 12.8. The highest BCUT2D eigenvalue weighted by atomic mass is 35.5. The van der Waals surface area contributed by atoms with Gasteiger partial charge in [-0.2, -0.15) is 0 Å². The Morgan fingerprint density at radius 3 is 2.82 bits per heavy atom. The molecule has 0 aliphatic rings. The SMILES string of the molecule is CCOC(=O)CC(O)c1ccc(Cl)cc1OC. The van der Waals surface area contributed by atoms with Crippen molar-refractivity contribution in [3.05, 3.63) is 28.8 Å². The van der Waals surface area contributed by atoms with Gasteiger partial charge in [0.15, 0.2) is 0 Å². The molecule has 1 unspecified atom stereocenters. The highest BCUT2D eigenvalue weighted by molar-refractivity contribution is 6.30. The molecule has 1 atom stereocenters. The van der Waals surface area contributed by atoms with Crippen LogP contribution in [0.4, 0.5) is 0 Å². The van der Waals surface area contributed by atoms with Crippen molar-refractivity contribution in [1.82, 2.24) is 0 Å². The molecule has 1 aromatic carbocycles. The van der Waals surface area contributed by atoms with Gasteiger partial charge >= 0.3 is 5.97 Å². The minimum Gasteiger partial charge on any atom is -0.496 e. The average Bonchev–Trinajstić information content (AvgIpc) is 2.28. The molecule has 17 heavy (non-hydrogen) atoms. The van der Waals surface area contributed by atoms with Crippen LogP contribution in [0.2, 0.25) is 5.02 Å². The third-order valence-corrected chi connectivity index (χ3v) is 2.45. The second-order valence-corrected chi connectivity index (χ2v) is 3.85. The van der Waals surface area contributed by atoms with Gasteiger partial charge in [-0.25, -0.2) is 0 Å². The van der Waals surface area contributed by atoms with Crippen molar-refractivity contribution in [1.29, 1.82) is 0 Å². The van der Waals surface area contributed by atoms with Gasteiger partial charge in [0.05, 0.1) is 26.2 Å². The summed E-state index contributed by atoms with van der Waals surface area (Å²) in [7, 11) is 1.48. The zero-order valence-corrected chi connectivity index (χ0v) is 10.5. The molecule has 0 bridgehead atoms. The molecule has 5 heteroatoms. The lowest BCUT2D eigenvalue weighted by Gasteiger charge is -2.14. The van der Waals surface area contributed by atoms with Crippen LogP contribution in [0.25, 0.3) is 0 Å². The van der Waals surface area contributed by atoms with E-state index >= 15 is 0 Å². The number of aliphatic hydroxyl groups is 1. The predicted octanol–water partition coefficient (Wildman–Crippen LogP) is 2.34. The molecule has 0 saturated heterocycles. The van der Waals surface area contributed by atoms with Crippen LogP contribution < -0.4 is 4.74 Å². The van der Waals surface area contributed by atoms with Gasteiger partial charge in [0.2, 0.25) is 0 Å². The minimum atomic E-state index is -0.957. The molecule has 1 aromatic rings. The number of hydrogen-bond donors (Lipinski definition) is 1. The first-order valence-electron chi connectivity index (χ1n) is 5.25. The summed E-state index contributed by atoms with van der Waals surface area (Å²) in [5.74, 6) is 0.00583. The maximum Gasteiger partial charge on any atom is 0.308 e. The van der Waals surface area contributed by atoms with Gasteiger partial charge in [-0.15, -0.1) is 0 Å². The maximum absolute atomic E-state index is 11.2. The van der Waals surface area contributed by atoms with Crippen LogP contribution in [-0.4, -0.2) is 24.8 Å². The van der Waals surface area contributed by atoms with E-state index < -0.39 is 12.1 Å². The Morgan fingerprint density at radius 1 is 1.53 bits per heavy atom. The molecule has 0 aromatic heterocycles. The summed E-state index contributed by atoms with van der Waals surface area (Å²) < 4.78 is 9.86. The van der Waals surface area contributed by atoms with Crippen LogP contribution in [-0.2, 0) is 9.53 Å². The minimum absolute atomic E-state index is 0.105. The first-order valence-corrected chi connectivity index (χ1v) is 5.63. The summed E-state index contributed by atoms with van der Waals surface area (Å²) in [5, 5.41) is 10.4. The van der Waals surface area contributed by atoms with E-state index in [-0.39, 0.29) is 6.42 Å². The van der Waals surface area contributed by atoms with Gasteiger partial charge in [-0.3, -0.25) is 4.79 Å². The summed E-state index contributed by atoms with van der Waals surface area (Å²) in [6.45, 7) is 2.01. The first-order chi connectivity index (χ1) is 8.08. The normalized spacial score (nSPS) is 12.0. The molecular formula is C12H15ClO4. The number of esters is 1. The third-order valence-electron chi connectivity index (χ3n) is 2.22. The van der Waals surface area contributed by atoms with Crippen molar-refractivity contribution < 1.29 is 19.4 Å². The number of hydrogen-bond acceptors (Lipinski definition) is 4. The fraction of sp³-hybridized carbons (Fsp3) is 0.417.